The molecule has 1 heterocycles. The maximum Gasteiger partial charge on any atom is 0.254 e. The molecule has 0 atom stereocenters. The van der Waals surface area contributed by atoms with E-state index in [0.717, 1.165) is 36.9 Å². The molecule has 2 aromatic rings. The summed E-state index contributed by atoms with van der Waals surface area (Å²) in [6.07, 6.45) is 3.69. The molecule has 1 aliphatic carbocycles. The van der Waals surface area contributed by atoms with Gasteiger partial charge in [-0.25, -0.2) is 9.37 Å². The topological polar surface area (TPSA) is 45.8 Å². The summed E-state index contributed by atoms with van der Waals surface area (Å²) in [7, 11) is 0. The van der Waals surface area contributed by atoms with Gasteiger partial charge >= 0.3 is 0 Å². The Labute approximate surface area is 118 Å². The van der Waals surface area contributed by atoms with Crippen molar-refractivity contribution >= 4 is 15.9 Å². The normalized spacial score (nSPS) is 14.2. The van der Waals surface area contributed by atoms with Gasteiger partial charge in [-0.15, -0.1) is 0 Å². The van der Waals surface area contributed by atoms with Crippen molar-refractivity contribution in [1.82, 2.24) is 9.97 Å². The van der Waals surface area contributed by atoms with E-state index >= 15 is 0 Å². The van der Waals surface area contributed by atoms with Crippen LogP contribution < -0.4 is 5.56 Å². The molecule has 0 saturated heterocycles. The fraction of sp³-hybridized carbons (Fsp3) is 0.286. The zero-order valence-electron chi connectivity index (χ0n) is 10.2. The monoisotopic (exact) mass is 322 g/mol. The van der Waals surface area contributed by atoms with Crippen LogP contribution in [0, 0.1) is 5.82 Å². The number of benzene rings is 1. The van der Waals surface area contributed by atoms with Gasteiger partial charge in [-0.1, -0.05) is 15.9 Å². The molecule has 0 bridgehead atoms. The minimum absolute atomic E-state index is 0.0971. The average Bonchev–Trinajstić information content (AvgIpc) is 2.37. The van der Waals surface area contributed by atoms with E-state index in [2.05, 4.69) is 25.9 Å². The number of halogens is 2. The fourth-order valence-corrected chi connectivity index (χ4v) is 2.90. The number of fused-ring (bicyclic) bond motifs is 1. The van der Waals surface area contributed by atoms with Crippen LogP contribution in [-0.4, -0.2) is 9.97 Å². The first kappa shape index (κ1) is 12.5. The Bertz CT molecular complexity index is 676. The first-order chi connectivity index (χ1) is 9.13. The first-order valence-corrected chi connectivity index (χ1v) is 7.01. The maximum atomic E-state index is 13.4. The summed E-state index contributed by atoms with van der Waals surface area (Å²) in [5.74, 6) is 0.0793. The van der Waals surface area contributed by atoms with Crippen molar-refractivity contribution in [1.29, 1.82) is 0 Å². The van der Waals surface area contributed by atoms with Crippen molar-refractivity contribution in [3.63, 3.8) is 0 Å². The number of H-pyrrole nitrogens is 1. The van der Waals surface area contributed by atoms with E-state index in [9.17, 15) is 9.18 Å². The summed E-state index contributed by atoms with van der Waals surface area (Å²) in [4.78, 5) is 19.3. The number of nitrogens with zero attached hydrogens (tertiary/aromatic N) is 1. The van der Waals surface area contributed by atoms with E-state index in [4.69, 9.17) is 0 Å². The second-order valence-corrected chi connectivity index (χ2v) is 5.62. The second kappa shape index (κ2) is 4.89. The Balaban J connectivity index is 2.15. The van der Waals surface area contributed by atoms with E-state index in [1.165, 1.54) is 12.1 Å². The van der Waals surface area contributed by atoms with Gasteiger partial charge in [0.25, 0.3) is 5.56 Å². The van der Waals surface area contributed by atoms with E-state index in [-0.39, 0.29) is 11.4 Å². The standard InChI is InChI=1S/C14H12BrFN2O/c15-9-5-8(6-10(16)7-9)13-17-12-4-2-1-3-11(12)14(19)18-13/h5-7H,1-4H2,(H,17,18,19). The minimum atomic E-state index is -0.357. The van der Waals surface area contributed by atoms with Gasteiger partial charge in [0.05, 0.1) is 5.69 Å². The lowest BCUT2D eigenvalue weighted by Gasteiger charge is -2.14. The Morgan fingerprint density at radius 2 is 2.00 bits per heavy atom. The average molecular weight is 323 g/mol. The largest absolute Gasteiger partial charge is 0.306 e. The molecule has 98 valence electrons. The molecule has 19 heavy (non-hydrogen) atoms. The Morgan fingerprint density at radius 1 is 1.21 bits per heavy atom. The van der Waals surface area contributed by atoms with Gasteiger partial charge in [0.1, 0.15) is 11.6 Å². The molecule has 0 unspecified atom stereocenters. The minimum Gasteiger partial charge on any atom is -0.306 e. The molecule has 0 aliphatic heterocycles. The van der Waals surface area contributed by atoms with Gasteiger partial charge in [0.15, 0.2) is 0 Å². The zero-order valence-corrected chi connectivity index (χ0v) is 11.8. The third-order valence-corrected chi connectivity index (χ3v) is 3.79. The van der Waals surface area contributed by atoms with Gasteiger partial charge < -0.3 is 4.98 Å². The lowest BCUT2D eigenvalue weighted by molar-refractivity contribution is 0.627. The number of rotatable bonds is 1. The van der Waals surface area contributed by atoms with Gasteiger partial charge in [-0.2, -0.15) is 0 Å². The summed E-state index contributed by atoms with van der Waals surface area (Å²) in [5, 5.41) is 0. The summed E-state index contributed by atoms with van der Waals surface area (Å²) in [5.41, 5.74) is 2.12. The second-order valence-electron chi connectivity index (χ2n) is 4.71. The van der Waals surface area contributed by atoms with E-state index in [0.29, 0.717) is 15.9 Å². The summed E-state index contributed by atoms with van der Waals surface area (Å²) in [6.45, 7) is 0. The highest BCUT2D eigenvalue weighted by molar-refractivity contribution is 9.10. The fourth-order valence-electron chi connectivity index (χ4n) is 2.43. The Morgan fingerprint density at radius 3 is 2.79 bits per heavy atom. The van der Waals surface area contributed by atoms with Crippen LogP contribution >= 0.6 is 15.9 Å². The summed E-state index contributed by atoms with van der Waals surface area (Å²) in [6, 6.07) is 4.49. The molecule has 3 rings (SSSR count). The van der Waals surface area contributed by atoms with E-state index in [1.807, 2.05) is 0 Å². The SMILES string of the molecule is O=c1[nH]c(-c2cc(F)cc(Br)c2)nc2c1CCCC2. The summed E-state index contributed by atoms with van der Waals surface area (Å²) < 4.78 is 14.0. The van der Waals surface area contributed by atoms with Crippen LogP contribution in [0.25, 0.3) is 11.4 Å². The highest BCUT2D eigenvalue weighted by Gasteiger charge is 2.16. The van der Waals surface area contributed by atoms with Gasteiger partial charge in [0.2, 0.25) is 0 Å². The lowest BCUT2D eigenvalue weighted by atomic mass is 9.97. The molecule has 1 aromatic carbocycles. The number of hydrogen-bond acceptors (Lipinski definition) is 2. The predicted molar refractivity (Wildman–Crippen MR) is 74.6 cm³/mol. The molecule has 3 nitrogen and oxygen atoms in total. The molecule has 0 spiro atoms. The molecular formula is C14H12BrFN2O. The highest BCUT2D eigenvalue weighted by Crippen LogP contribution is 2.23. The van der Waals surface area contributed by atoms with Crippen LogP contribution in [0.5, 0.6) is 0 Å². The summed E-state index contributed by atoms with van der Waals surface area (Å²) >= 11 is 3.24. The number of aromatic amines is 1. The van der Waals surface area contributed by atoms with Crippen LogP contribution in [0.2, 0.25) is 0 Å². The van der Waals surface area contributed by atoms with E-state index < -0.39 is 0 Å². The zero-order chi connectivity index (χ0) is 13.4. The number of hydrogen-bond donors (Lipinski definition) is 1. The van der Waals surface area contributed by atoms with Crippen molar-refractivity contribution in [2.75, 3.05) is 0 Å². The number of aromatic nitrogens is 2. The molecule has 0 fully saturated rings. The van der Waals surface area contributed by atoms with Crippen LogP contribution in [0.4, 0.5) is 4.39 Å². The van der Waals surface area contributed by atoms with Crippen molar-refractivity contribution in [3.05, 3.63) is 50.1 Å². The molecule has 1 aliphatic rings. The van der Waals surface area contributed by atoms with Gasteiger partial charge in [-0.05, 0) is 43.9 Å². The lowest BCUT2D eigenvalue weighted by Crippen LogP contribution is -2.21. The molecule has 1 aromatic heterocycles. The van der Waals surface area contributed by atoms with Gasteiger partial charge in [0, 0.05) is 15.6 Å². The van der Waals surface area contributed by atoms with Crippen LogP contribution in [0.3, 0.4) is 0 Å². The van der Waals surface area contributed by atoms with Crippen LogP contribution in [-0.2, 0) is 12.8 Å². The third-order valence-electron chi connectivity index (χ3n) is 3.33. The first-order valence-electron chi connectivity index (χ1n) is 6.22. The van der Waals surface area contributed by atoms with Crippen molar-refractivity contribution in [3.8, 4) is 11.4 Å². The molecule has 0 radical (unpaired) electrons. The molecule has 0 saturated carbocycles. The highest BCUT2D eigenvalue weighted by atomic mass is 79.9. The van der Waals surface area contributed by atoms with Crippen LogP contribution in [0.15, 0.2) is 27.5 Å². The Hall–Kier alpha value is -1.49. The van der Waals surface area contributed by atoms with Crippen LogP contribution in [0.1, 0.15) is 24.1 Å². The number of nitrogens with one attached hydrogen (secondary N) is 1. The molecule has 1 N–H and O–H groups in total. The molecule has 0 amide bonds. The third kappa shape index (κ3) is 2.47. The quantitative estimate of drug-likeness (QED) is 0.876. The number of aryl methyl sites for hydroxylation is 1. The predicted octanol–water partition coefficient (Wildman–Crippen LogP) is 3.22. The van der Waals surface area contributed by atoms with Gasteiger partial charge in [-0.3, -0.25) is 4.79 Å². The Kier molecular flexibility index (Phi) is 3.22. The molecular weight excluding hydrogens is 311 g/mol. The smallest absolute Gasteiger partial charge is 0.254 e. The maximum absolute atomic E-state index is 13.4. The van der Waals surface area contributed by atoms with E-state index in [1.54, 1.807) is 6.07 Å². The van der Waals surface area contributed by atoms with Crippen molar-refractivity contribution < 1.29 is 4.39 Å². The molecule has 5 heteroatoms. The van der Waals surface area contributed by atoms with Crippen molar-refractivity contribution in [2.45, 2.75) is 25.7 Å². The van der Waals surface area contributed by atoms with Crippen molar-refractivity contribution in [2.24, 2.45) is 0 Å².